The van der Waals surface area contributed by atoms with Crippen LogP contribution >= 0.6 is 0 Å². The molecule has 0 aromatic carbocycles. The summed E-state index contributed by atoms with van der Waals surface area (Å²) in [5.74, 6) is 1.56. The number of urea groups is 1. The van der Waals surface area contributed by atoms with Crippen LogP contribution < -0.4 is 10.6 Å². The molecule has 4 aliphatic rings. The molecule has 2 atom stereocenters. The Balaban J connectivity index is 1.11. The van der Waals surface area contributed by atoms with Gasteiger partial charge in [0.1, 0.15) is 0 Å². The lowest BCUT2D eigenvalue weighted by molar-refractivity contribution is 0.232. The molecule has 0 spiro atoms. The summed E-state index contributed by atoms with van der Waals surface area (Å²) in [6, 6.07) is 1.26. The highest BCUT2D eigenvalue weighted by molar-refractivity contribution is 5.74. The highest BCUT2D eigenvalue weighted by Gasteiger charge is 2.34. The summed E-state index contributed by atoms with van der Waals surface area (Å²) in [6.07, 6.45) is 10.8. The van der Waals surface area contributed by atoms with Crippen molar-refractivity contribution in [1.82, 2.24) is 20.4 Å². The second-order valence-corrected chi connectivity index (χ2v) is 8.63. The zero-order valence-electron chi connectivity index (χ0n) is 15.0. The molecule has 5 nitrogen and oxygen atoms in total. The van der Waals surface area contributed by atoms with E-state index in [-0.39, 0.29) is 6.03 Å². The first kappa shape index (κ1) is 16.6. The van der Waals surface area contributed by atoms with Crippen LogP contribution in [0.15, 0.2) is 0 Å². The molecule has 2 aliphatic heterocycles. The monoisotopic (exact) mass is 334 g/mol. The molecule has 2 N–H and O–H groups in total. The van der Waals surface area contributed by atoms with E-state index in [1.54, 1.807) is 0 Å². The topological polar surface area (TPSA) is 47.6 Å². The van der Waals surface area contributed by atoms with Crippen molar-refractivity contribution in [2.45, 2.75) is 63.5 Å². The van der Waals surface area contributed by atoms with Gasteiger partial charge in [-0.25, -0.2) is 4.79 Å². The Kier molecular flexibility index (Phi) is 5.28. The van der Waals surface area contributed by atoms with Gasteiger partial charge in [-0.15, -0.1) is 0 Å². The minimum absolute atomic E-state index is 0.0487. The van der Waals surface area contributed by atoms with E-state index < -0.39 is 0 Å². The lowest BCUT2D eigenvalue weighted by Crippen LogP contribution is -2.45. The largest absolute Gasteiger partial charge is 0.338 e. The van der Waals surface area contributed by atoms with Gasteiger partial charge in [0.15, 0.2) is 0 Å². The Morgan fingerprint density at radius 2 is 1.75 bits per heavy atom. The molecule has 136 valence electrons. The fourth-order valence-electron chi connectivity index (χ4n) is 4.95. The Morgan fingerprint density at radius 1 is 0.917 bits per heavy atom. The van der Waals surface area contributed by atoms with Crippen LogP contribution in [-0.2, 0) is 0 Å². The molecule has 2 saturated heterocycles. The normalized spacial score (nSPS) is 32.5. The summed E-state index contributed by atoms with van der Waals surface area (Å²) >= 11 is 0. The zero-order chi connectivity index (χ0) is 16.4. The van der Waals surface area contributed by atoms with Crippen molar-refractivity contribution in [3.8, 4) is 0 Å². The van der Waals surface area contributed by atoms with Crippen LogP contribution in [0.4, 0.5) is 4.79 Å². The predicted octanol–water partition coefficient (Wildman–Crippen LogP) is 2.03. The minimum atomic E-state index is 0.0487. The Bertz CT molecular complexity index is 433. The number of nitrogens with one attached hydrogen (secondary N) is 2. The summed E-state index contributed by atoms with van der Waals surface area (Å²) in [5, 5.41) is 6.32. The van der Waals surface area contributed by atoms with Crippen molar-refractivity contribution in [3.63, 3.8) is 0 Å². The van der Waals surface area contributed by atoms with Gasteiger partial charge in [-0.3, -0.25) is 0 Å². The lowest BCUT2D eigenvalue weighted by Gasteiger charge is -2.20. The highest BCUT2D eigenvalue weighted by atomic mass is 16.2. The average Bonchev–Trinajstić information content (AvgIpc) is 2.98. The van der Waals surface area contributed by atoms with E-state index in [1.165, 1.54) is 64.6 Å². The zero-order valence-corrected chi connectivity index (χ0v) is 15.0. The summed E-state index contributed by atoms with van der Waals surface area (Å²) in [4.78, 5) is 17.4. The molecule has 4 fully saturated rings. The molecule has 0 aromatic rings. The molecule has 0 bridgehead atoms. The molecule has 2 saturated carbocycles. The smallest absolute Gasteiger partial charge is 0.315 e. The molecule has 2 heterocycles. The minimum Gasteiger partial charge on any atom is -0.338 e. The van der Waals surface area contributed by atoms with Crippen LogP contribution in [0.5, 0.6) is 0 Å². The van der Waals surface area contributed by atoms with E-state index in [4.69, 9.17) is 0 Å². The third kappa shape index (κ3) is 4.42. The van der Waals surface area contributed by atoms with Crippen molar-refractivity contribution in [2.75, 3.05) is 39.3 Å². The van der Waals surface area contributed by atoms with Gasteiger partial charge >= 0.3 is 6.03 Å². The molecule has 24 heavy (non-hydrogen) atoms. The van der Waals surface area contributed by atoms with Gasteiger partial charge in [0.2, 0.25) is 0 Å². The number of amides is 2. The number of hydrogen-bond donors (Lipinski definition) is 2. The third-order valence-electron chi connectivity index (χ3n) is 6.53. The summed E-state index contributed by atoms with van der Waals surface area (Å²) < 4.78 is 0. The van der Waals surface area contributed by atoms with E-state index in [0.717, 1.165) is 38.0 Å². The van der Waals surface area contributed by atoms with E-state index in [9.17, 15) is 4.79 Å². The van der Waals surface area contributed by atoms with Crippen molar-refractivity contribution < 1.29 is 4.79 Å². The number of rotatable bonds is 6. The molecular weight excluding hydrogens is 300 g/mol. The van der Waals surface area contributed by atoms with Crippen molar-refractivity contribution in [2.24, 2.45) is 11.8 Å². The quantitative estimate of drug-likeness (QED) is 0.781. The van der Waals surface area contributed by atoms with Crippen LogP contribution in [0.25, 0.3) is 0 Å². The third-order valence-corrected chi connectivity index (χ3v) is 6.53. The van der Waals surface area contributed by atoms with Crippen LogP contribution in [0.1, 0.15) is 51.4 Å². The first-order valence-electron chi connectivity index (χ1n) is 10.3. The molecule has 2 unspecified atom stereocenters. The van der Waals surface area contributed by atoms with Crippen molar-refractivity contribution >= 4 is 6.03 Å². The van der Waals surface area contributed by atoms with E-state index in [1.807, 2.05) is 0 Å². The average molecular weight is 335 g/mol. The van der Waals surface area contributed by atoms with Crippen LogP contribution in [0.3, 0.4) is 0 Å². The molecular formula is C19H34N4O. The second-order valence-electron chi connectivity index (χ2n) is 8.63. The maximum atomic E-state index is 12.2. The first-order chi connectivity index (χ1) is 11.8. The molecule has 2 amide bonds. The fraction of sp³-hybridized carbons (Fsp3) is 0.947. The van der Waals surface area contributed by atoms with Gasteiger partial charge in [-0.05, 0) is 56.9 Å². The van der Waals surface area contributed by atoms with E-state index in [0.29, 0.717) is 12.0 Å². The van der Waals surface area contributed by atoms with Gasteiger partial charge in [0, 0.05) is 44.8 Å². The van der Waals surface area contributed by atoms with Gasteiger partial charge in [0.05, 0.1) is 0 Å². The van der Waals surface area contributed by atoms with Gasteiger partial charge < -0.3 is 20.4 Å². The maximum Gasteiger partial charge on any atom is 0.315 e. The summed E-state index contributed by atoms with van der Waals surface area (Å²) in [7, 11) is 0. The van der Waals surface area contributed by atoms with Gasteiger partial charge in [-0.2, -0.15) is 0 Å². The van der Waals surface area contributed by atoms with Crippen molar-refractivity contribution in [1.29, 1.82) is 0 Å². The predicted molar refractivity (Wildman–Crippen MR) is 96.0 cm³/mol. The van der Waals surface area contributed by atoms with Crippen molar-refractivity contribution in [3.05, 3.63) is 0 Å². The Labute approximate surface area is 146 Å². The molecule has 0 aromatic heterocycles. The molecule has 2 aliphatic carbocycles. The van der Waals surface area contributed by atoms with Crippen LogP contribution in [0.2, 0.25) is 0 Å². The molecule has 0 radical (unpaired) electrons. The standard InChI is InChI=1S/C19H34N4O/c24-19(20-11-16-7-10-23(13-16)18-5-6-18)21-17-8-9-22(14-17)12-15-3-1-2-4-15/h15-18H,1-14H2,(H2,20,21,24). The Morgan fingerprint density at radius 3 is 2.54 bits per heavy atom. The molecule has 4 rings (SSSR count). The van der Waals surface area contributed by atoms with E-state index in [2.05, 4.69) is 20.4 Å². The van der Waals surface area contributed by atoms with Gasteiger partial charge in [0.25, 0.3) is 0 Å². The SMILES string of the molecule is O=C(NCC1CCN(C2CC2)C1)NC1CCN(CC2CCCC2)C1. The summed E-state index contributed by atoms with van der Waals surface area (Å²) in [5.41, 5.74) is 0. The lowest BCUT2D eigenvalue weighted by atomic mass is 10.1. The maximum absolute atomic E-state index is 12.2. The Hall–Kier alpha value is -0.810. The number of nitrogens with zero attached hydrogens (tertiary/aromatic N) is 2. The number of carbonyl (C=O) groups excluding carboxylic acids is 1. The highest BCUT2D eigenvalue weighted by Crippen LogP contribution is 2.31. The van der Waals surface area contributed by atoms with Gasteiger partial charge in [-0.1, -0.05) is 12.8 Å². The van der Waals surface area contributed by atoms with Crippen LogP contribution in [-0.4, -0.2) is 67.2 Å². The van der Waals surface area contributed by atoms with Crippen LogP contribution in [0, 0.1) is 11.8 Å². The summed E-state index contributed by atoms with van der Waals surface area (Å²) in [6.45, 7) is 6.70. The number of likely N-dealkylation sites (tertiary alicyclic amines) is 2. The number of carbonyl (C=O) groups is 1. The van der Waals surface area contributed by atoms with E-state index >= 15 is 0 Å². The molecule has 5 heteroatoms. The first-order valence-corrected chi connectivity index (χ1v) is 10.3. The number of hydrogen-bond acceptors (Lipinski definition) is 3. The fourth-order valence-corrected chi connectivity index (χ4v) is 4.95. The second kappa shape index (κ2) is 7.61.